The number of rotatable bonds is 11. The van der Waals surface area contributed by atoms with E-state index in [0.29, 0.717) is 29.3 Å². The van der Waals surface area contributed by atoms with Crippen LogP contribution < -0.4 is 20.9 Å². The van der Waals surface area contributed by atoms with E-state index < -0.39 is 0 Å². The largest absolute Gasteiger partial charge is 0.350 e. The van der Waals surface area contributed by atoms with E-state index in [4.69, 9.17) is 15.0 Å². The topological polar surface area (TPSA) is 98.3 Å². The Bertz CT molecular complexity index is 1080. The molecule has 200 valence electrons. The van der Waals surface area contributed by atoms with Gasteiger partial charge in [-0.2, -0.15) is 15.0 Å². The number of aromatic nitrogens is 3. The molecule has 9 heteroatoms. The Morgan fingerprint density at radius 3 is 2.68 bits per heavy atom. The van der Waals surface area contributed by atoms with Crippen LogP contribution in [0.25, 0.3) is 0 Å². The molecule has 0 spiro atoms. The Morgan fingerprint density at radius 1 is 1.19 bits per heavy atom. The predicted molar refractivity (Wildman–Crippen MR) is 151 cm³/mol. The number of nitrogens with one attached hydrogen (secondary N) is 3. The summed E-state index contributed by atoms with van der Waals surface area (Å²) < 4.78 is 0. The van der Waals surface area contributed by atoms with Crippen LogP contribution in [0.3, 0.4) is 0 Å². The molecule has 1 aromatic heterocycles. The zero-order valence-corrected chi connectivity index (χ0v) is 22.8. The smallest absolute Gasteiger partial charge is 0.251 e. The van der Waals surface area contributed by atoms with E-state index >= 15 is 0 Å². The van der Waals surface area contributed by atoms with Crippen molar-refractivity contribution in [1.82, 2.24) is 25.2 Å². The maximum atomic E-state index is 12.6. The minimum Gasteiger partial charge on any atom is -0.350 e. The van der Waals surface area contributed by atoms with Crippen LogP contribution in [0.2, 0.25) is 0 Å². The maximum absolute atomic E-state index is 12.6. The quantitative estimate of drug-likeness (QED) is 0.387. The Hall–Kier alpha value is -3.20. The molecule has 1 aromatic carbocycles. The molecule has 1 aliphatic heterocycles. The molecule has 4 rings (SSSR count). The van der Waals surface area contributed by atoms with E-state index in [1.54, 1.807) is 0 Å². The number of amides is 1. The van der Waals surface area contributed by atoms with Crippen LogP contribution in [-0.2, 0) is 0 Å². The van der Waals surface area contributed by atoms with Gasteiger partial charge in [0.15, 0.2) is 0 Å². The van der Waals surface area contributed by atoms with E-state index in [9.17, 15) is 4.79 Å². The minimum atomic E-state index is -0.0987. The fraction of sp³-hybridized carbons (Fsp3) is 0.571. The third-order valence-corrected chi connectivity index (χ3v) is 7.13. The van der Waals surface area contributed by atoms with Crippen molar-refractivity contribution in [3.63, 3.8) is 0 Å². The summed E-state index contributed by atoms with van der Waals surface area (Å²) in [6, 6.07) is 5.98. The van der Waals surface area contributed by atoms with E-state index in [1.165, 1.54) is 25.7 Å². The summed E-state index contributed by atoms with van der Waals surface area (Å²) in [6.07, 6.45) is 8.11. The number of hydrogen-bond donors (Lipinski definition) is 3. The molecular weight excluding hydrogens is 464 g/mol. The summed E-state index contributed by atoms with van der Waals surface area (Å²) in [4.78, 5) is 31.4. The van der Waals surface area contributed by atoms with Crippen LogP contribution in [-0.4, -0.2) is 71.1 Å². The van der Waals surface area contributed by atoms with Crippen molar-refractivity contribution in [2.24, 2.45) is 5.92 Å². The molecule has 2 heterocycles. The van der Waals surface area contributed by atoms with Gasteiger partial charge in [0.2, 0.25) is 17.8 Å². The van der Waals surface area contributed by atoms with E-state index in [1.807, 2.05) is 45.0 Å². The summed E-state index contributed by atoms with van der Waals surface area (Å²) in [5.41, 5.74) is 2.41. The molecule has 37 heavy (non-hydrogen) atoms. The average Bonchev–Trinajstić information content (AvgIpc) is 3.52. The number of aryl methyl sites for hydroxylation is 1. The Balaban J connectivity index is 1.57. The number of carbonyl (C=O) groups excluding carboxylic acids is 1. The van der Waals surface area contributed by atoms with Crippen LogP contribution >= 0.6 is 0 Å². The Morgan fingerprint density at radius 2 is 1.95 bits per heavy atom. The molecule has 1 atom stereocenters. The van der Waals surface area contributed by atoms with Gasteiger partial charge in [-0.05, 0) is 63.6 Å². The highest BCUT2D eigenvalue weighted by Crippen LogP contribution is 2.27. The van der Waals surface area contributed by atoms with Crippen LogP contribution in [0.15, 0.2) is 30.9 Å². The standard InChI is InChI=1S/C28H42N8O/c1-6-14-36-15-13-23(18-36)30-26-32-27(34-28(33-26)35(5)17-21-9-7-8-10-21)31-24-16-22(12-11-20(24)4)25(37)29-19(2)3/h6,11-12,16,19,21,23H,1,7-10,13-15,17-18H2,2-5H3,(H,29,37)(H2,30,31,32,33,34)/t23-/m1/s1. The highest BCUT2D eigenvalue weighted by Gasteiger charge is 2.24. The van der Waals surface area contributed by atoms with E-state index in [0.717, 1.165) is 43.9 Å². The minimum absolute atomic E-state index is 0.0679. The van der Waals surface area contributed by atoms with Gasteiger partial charge in [0.1, 0.15) is 0 Å². The van der Waals surface area contributed by atoms with E-state index in [-0.39, 0.29) is 18.0 Å². The molecule has 1 saturated heterocycles. The van der Waals surface area contributed by atoms with Crippen LogP contribution in [0.4, 0.5) is 23.5 Å². The van der Waals surface area contributed by atoms with Crippen LogP contribution in [0, 0.1) is 12.8 Å². The highest BCUT2D eigenvalue weighted by molar-refractivity contribution is 5.95. The third kappa shape index (κ3) is 7.41. The first-order valence-electron chi connectivity index (χ1n) is 13.6. The monoisotopic (exact) mass is 506 g/mol. The molecule has 9 nitrogen and oxygen atoms in total. The van der Waals surface area contributed by atoms with Crippen LogP contribution in [0.1, 0.15) is 61.9 Å². The van der Waals surface area contributed by atoms with Crippen molar-refractivity contribution >= 4 is 29.4 Å². The summed E-state index contributed by atoms with van der Waals surface area (Å²) in [5, 5.41) is 9.87. The van der Waals surface area contributed by atoms with Crippen molar-refractivity contribution in [2.75, 3.05) is 48.8 Å². The number of anilines is 4. The lowest BCUT2D eigenvalue weighted by atomic mass is 10.1. The molecule has 0 radical (unpaired) electrons. The molecule has 1 aliphatic carbocycles. The van der Waals surface area contributed by atoms with Gasteiger partial charge in [-0.1, -0.05) is 25.0 Å². The zero-order chi connectivity index (χ0) is 26.4. The maximum Gasteiger partial charge on any atom is 0.251 e. The second-order valence-corrected chi connectivity index (χ2v) is 10.8. The first-order chi connectivity index (χ1) is 17.8. The zero-order valence-electron chi connectivity index (χ0n) is 22.8. The van der Waals surface area contributed by atoms with Crippen molar-refractivity contribution in [2.45, 2.75) is 65.0 Å². The number of likely N-dealkylation sites (tertiary alicyclic amines) is 1. The first kappa shape index (κ1) is 26.9. The van der Waals surface area contributed by atoms with Gasteiger partial charge < -0.3 is 20.9 Å². The number of carbonyl (C=O) groups is 1. The Kier molecular flexibility index (Phi) is 8.97. The van der Waals surface area contributed by atoms with Crippen molar-refractivity contribution < 1.29 is 4.79 Å². The third-order valence-electron chi connectivity index (χ3n) is 7.13. The molecule has 1 saturated carbocycles. The summed E-state index contributed by atoms with van der Waals surface area (Å²) in [7, 11) is 2.06. The van der Waals surface area contributed by atoms with Gasteiger partial charge in [-0.15, -0.1) is 6.58 Å². The number of nitrogens with zero attached hydrogens (tertiary/aromatic N) is 5. The fourth-order valence-electron chi connectivity index (χ4n) is 5.16. The second kappa shape index (κ2) is 12.4. The predicted octanol–water partition coefficient (Wildman–Crippen LogP) is 4.36. The molecule has 1 amide bonds. The van der Waals surface area contributed by atoms with Gasteiger partial charge >= 0.3 is 0 Å². The first-order valence-corrected chi connectivity index (χ1v) is 13.6. The second-order valence-electron chi connectivity index (χ2n) is 10.8. The van der Waals surface area contributed by atoms with E-state index in [2.05, 4.69) is 39.4 Å². The lowest BCUT2D eigenvalue weighted by Crippen LogP contribution is -2.30. The van der Waals surface area contributed by atoms with Gasteiger partial charge in [-0.25, -0.2) is 0 Å². The molecule has 2 aliphatic rings. The average molecular weight is 507 g/mol. The fourth-order valence-corrected chi connectivity index (χ4v) is 5.16. The van der Waals surface area contributed by atoms with Gasteiger partial charge in [0.25, 0.3) is 5.91 Å². The molecular formula is C28H42N8O. The van der Waals surface area contributed by atoms with Crippen molar-refractivity contribution in [1.29, 1.82) is 0 Å². The lowest BCUT2D eigenvalue weighted by Gasteiger charge is -2.23. The van der Waals surface area contributed by atoms with Gasteiger partial charge in [-0.3, -0.25) is 9.69 Å². The SMILES string of the molecule is C=CCN1CC[C@@H](Nc2nc(Nc3cc(C(=O)NC(C)C)ccc3C)nc(N(C)CC3CCCC3)n2)C1. The lowest BCUT2D eigenvalue weighted by molar-refractivity contribution is 0.0943. The van der Waals surface area contributed by atoms with Crippen molar-refractivity contribution in [3.8, 4) is 0 Å². The normalized spacial score (nSPS) is 18.2. The Labute approximate surface area is 221 Å². The summed E-state index contributed by atoms with van der Waals surface area (Å²) >= 11 is 0. The summed E-state index contributed by atoms with van der Waals surface area (Å²) in [5.74, 6) is 2.27. The molecule has 2 aromatic rings. The van der Waals surface area contributed by atoms with Gasteiger partial charge in [0.05, 0.1) is 0 Å². The van der Waals surface area contributed by atoms with Crippen LogP contribution in [0.5, 0.6) is 0 Å². The molecule has 2 fully saturated rings. The summed E-state index contributed by atoms with van der Waals surface area (Å²) in [6.45, 7) is 13.6. The van der Waals surface area contributed by atoms with Crippen molar-refractivity contribution in [3.05, 3.63) is 42.0 Å². The highest BCUT2D eigenvalue weighted by atomic mass is 16.1. The van der Waals surface area contributed by atoms with Gasteiger partial charge in [0, 0.05) is 56.6 Å². The molecule has 0 unspecified atom stereocenters. The number of hydrogen-bond acceptors (Lipinski definition) is 8. The number of benzene rings is 1. The molecule has 3 N–H and O–H groups in total. The molecule has 0 bridgehead atoms.